The molecule has 1 aliphatic carbocycles. The van der Waals surface area contributed by atoms with Gasteiger partial charge in [-0.1, -0.05) is 6.92 Å². The van der Waals surface area contributed by atoms with Gasteiger partial charge >= 0.3 is 6.18 Å². The first-order valence-corrected chi connectivity index (χ1v) is 6.93. The van der Waals surface area contributed by atoms with Crippen molar-refractivity contribution in [2.75, 3.05) is 26.2 Å². The Bertz CT molecular complexity index is 223. The van der Waals surface area contributed by atoms with Crippen LogP contribution in [0.15, 0.2) is 0 Å². The molecule has 0 amide bonds. The Morgan fingerprint density at radius 3 is 2.11 bits per heavy atom. The number of nitrogens with two attached hydrogens (primary N) is 1. The Kier molecular flexibility index (Phi) is 6.43. The zero-order valence-corrected chi connectivity index (χ0v) is 11.2. The van der Waals surface area contributed by atoms with Gasteiger partial charge in [0.2, 0.25) is 0 Å². The van der Waals surface area contributed by atoms with E-state index >= 15 is 0 Å². The van der Waals surface area contributed by atoms with Crippen molar-refractivity contribution < 1.29 is 13.2 Å². The lowest BCUT2D eigenvalue weighted by Gasteiger charge is -2.32. The third kappa shape index (κ3) is 6.05. The van der Waals surface area contributed by atoms with Crippen molar-refractivity contribution in [1.29, 1.82) is 0 Å². The van der Waals surface area contributed by atoms with Crippen LogP contribution in [0.3, 0.4) is 0 Å². The third-order valence-corrected chi connectivity index (χ3v) is 3.76. The van der Waals surface area contributed by atoms with Gasteiger partial charge in [-0.25, -0.2) is 0 Å². The van der Waals surface area contributed by atoms with Crippen LogP contribution in [0.2, 0.25) is 0 Å². The molecular formula is C13H25F3N2. The first kappa shape index (κ1) is 15.8. The molecule has 1 rings (SSSR count). The van der Waals surface area contributed by atoms with E-state index in [-0.39, 0.29) is 0 Å². The lowest BCUT2D eigenvalue weighted by Crippen LogP contribution is -2.39. The van der Waals surface area contributed by atoms with Crippen LogP contribution < -0.4 is 5.73 Å². The van der Waals surface area contributed by atoms with Gasteiger partial charge in [0.05, 0.1) is 6.54 Å². The average Bonchev–Trinajstić information content (AvgIpc) is 2.28. The van der Waals surface area contributed by atoms with Crippen LogP contribution in [0.5, 0.6) is 0 Å². The van der Waals surface area contributed by atoms with Gasteiger partial charge in [-0.2, -0.15) is 13.2 Å². The first-order valence-electron chi connectivity index (χ1n) is 6.93. The van der Waals surface area contributed by atoms with Crippen LogP contribution in [0.25, 0.3) is 0 Å². The predicted octanol–water partition coefficient (Wildman–Crippen LogP) is 3.03. The Balaban J connectivity index is 2.37. The van der Waals surface area contributed by atoms with E-state index in [2.05, 4.69) is 0 Å². The summed E-state index contributed by atoms with van der Waals surface area (Å²) in [7, 11) is 0. The van der Waals surface area contributed by atoms with Crippen molar-refractivity contribution in [1.82, 2.24) is 4.90 Å². The normalized spacial score (nSPS) is 25.7. The number of nitrogens with zero attached hydrogens (tertiary/aromatic N) is 1. The molecule has 1 fully saturated rings. The molecule has 0 aromatic carbocycles. The van der Waals surface area contributed by atoms with Gasteiger partial charge in [0, 0.05) is 6.54 Å². The summed E-state index contributed by atoms with van der Waals surface area (Å²) in [5, 5.41) is 0. The number of hydrogen-bond acceptors (Lipinski definition) is 2. The van der Waals surface area contributed by atoms with Gasteiger partial charge in [-0.15, -0.1) is 0 Å². The van der Waals surface area contributed by atoms with E-state index in [4.69, 9.17) is 5.73 Å². The smallest absolute Gasteiger partial charge is 0.330 e. The lowest BCUT2D eigenvalue weighted by atomic mass is 9.82. The summed E-state index contributed by atoms with van der Waals surface area (Å²) >= 11 is 0. The molecule has 108 valence electrons. The SMILES string of the molecule is CCCN(CC1CCC(CN)CC1)CC(F)(F)F. The largest absolute Gasteiger partial charge is 0.401 e. The number of hydrogen-bond donors (Lipinski definition) is 1. The van der Waals surface area contributed by atoms with Crippen molar-refractivity contribution in [2.24, 2.45) is 17.6 Å². The minimum Gasteiger partial charge on any atom is -0.330 e. The van der Waals surface area contributed by atoms with Crippen molar-refractivity contribution in [3.05, 3.63) is 0 Å². The average molecular weight is 266 g/mol. The van der Waals surface area contributed by atoms with Gasteiger partial charge in [-0.05, 0) is 57.0 Å². The predicted molar refractivity (Wildman–Crippen MR) is 67.3 cm³/mol. The summed E-state index contributed by atoms with van der Waals surface area (Å²) < 4.78 is 37.3. The molecule has 1 aliphatic rings. The van der Waals surface area contributed by atoms with Crippen molar-refractivity contribution in [3.63, 3.8) is 0 Å². The number of alkyl halides is 3. The van der Waals surface area contributed by atoms with Crippen LogP contribution in [0, 0.1) is 11.8 Å². The molecule has 2 nitrogen and oxygen atoms in total. The first-order chi connectivity index (χ1) is 8.44. The zero-order valence-electron chi connectivity index (χ0n) is 11.2. The molecule has 0 aromatic heterocycles. The molecule has 5 heteroatoms. The Morgan fingerprint density at radius 1 is 1.11 bits per heavy atom. The van der Waals surface area contributed by atoms with Gasteiger partial charge in [0.15, 0.2) is 0 Å². The highest BCUT2D eigenvalue weighted by Crippen LogP contribution is 2.29. The van der Waals surface area contributed by atoms with Crippen molar-refractivity contribution in [2.45, 2.75) is 45.2 Å². The summed E-state index contributed by atoms with van der Waals surface area (Å²) in [5.41, 5.74) is 5.62. The zero-order chi connectivity index (χ0) is 13.6. The van der Waals surface area contributed by atoms with E-state index in [1.54, 1.807) is 4.90 Å². The van der Waals surface area contributed by atoms with Crippen LogP contribution in [0.1, 0.15) is 39.0 Å². The van der Waals surface area contributed by atoms with E-state index in [1.807, 2.05) is 6.92 Å². The fourth-order valence-electron chi connectivity index (χ4n) is 2.82. The maximum absolute atomic E-state index is 12.4. The van der Waals surface area contributed by atoms with Crippen molar-refractivity contribution >= 4 is 0 Å². The maximum Gasteiger partial charge on any atom is 0.401 e. The van der Waals surface area contributed by atoms with Crippen LogP contribution in [-0.4, -0.2) is 37.3 Å². The van der Waals surface area contributed by atoms with Gasteiger partial charge in [0.1, 0.15) is 0 Å². The Morgan fingerprint density at radius 2 is 1.67 bits per heavy atom. The summed E-state index contributed by atoms with van der Waals surface area (Å²) in [5.74, 6) is 1.00. The molecule has 0 radical (unpaired) electrons. The van der Waals surface area contributed by atoms with Gasteiger partial charge in [0.25, 0.3) is 0 Å². The Labute approximate surface area is 108 Å². The highest BCUT2D eigenvalue weighted by atomic mass is 19.4. The van der Waals surface area contributed by atoms with Crippen molar-refractivity contribution in [3.8, 4) is 0 Å². The Hall–Kier alpha value is -0.290. The molecule has 0 atom stereocenters. The van der Waals surface area contributed by atoms with Crippen LogP contribution in [-0.2, 0) is 0 Å². The second-order valence-corrected chi connectivity index (χ2v) is 5.47. The minimum atomic E-state index is -4.08. The van der Waals surface area contributed by atoms with E-state index in [0.29, 0.717) is 31.5 Å². The van der Waals surface area contributed by atoms with Gasteiger partial charge in [-0.3, -0.25) is 4.90 Å². The standard InChI is InChI=1S/C13H25F3N2/c1-2-7-18(10-13(14,15)16)9-12-5-3-11(8-17)4-6-12/h11-12H,2-10,17H2,1H3. The summed E-state index contributed by atoms with van der Waals surface area (Å²) in [6.07, 6.45) is 0.901. The molecule has 2 N–H and O–H groups in total. The molecule has 0 aliphatic heterocycles. The van der Waals surface area contributed by atoms with E-state index < -0.39 is 12.7 Å². The second-order valence-electron chi connectivity index (χ2n) is 5.47. The molecule has 0 bridgehead atoms. The molecule has 18 heavy (non-hydrogen) atoms. The maximum atomic E-state index is 12.4. The molecule has 0 heterocycles. The van der Waals surface area contributed by atoms with Crippen LogP contribution >= 0.6 is 0 Å². The van der Waals surface area contributed by atoms with E-state index in [0.717, 1.165) is 32.1 Å². The van der Waals surface area contributed by atoms with Crippen LogP contribution in [0.4, 0.5) is 13.2 Å². The molecule has 0 unspecified atom stereocenters. The highest BCUT2D eigenvalue weighted by molar-refractivity contribution is 4.76. The fraction of sp³-hybridized carbons (Fsp3) is 1.00. The quantitative estimate of drug-likeness (QED) is 0.800. The highest BCUT2D eigenvalue weighted by Gasteiger charge is 2.32. The fourth-order valence-corrected chi connectivity index (χ4v) is 2.82. The van der Waals surface area contributed by atoms with E-state index in [9.17, 15) is 13.2 Å². The third-order valence-electron chi connectivity index (χ3n) is 3.76. The molecule has 0 saturated heterocycles. The molecular weight excluding hydrogens is 241 g/mol. The van der Waals surface area contributed by atoms with E-state index in [1.165, 1.54) is 0 Å². The van der Waals surface area contributed by atoms with Gasteiger partial charge < -0.3 is 5.73 Å². The summed E-state index contributed by atoms with van der Waals surface area (Å²) in [6, 6.07) is 0. The molecule has 0 spiro atoms. The monoisotopic (exact) mass is 266 g/mol. The summed E-state index contributed by atoms with van der Waals surface area (Å²) in [6.45, 7) is 3.00. The number of halogens is 3. The molecule has 1 saturated carbocycles. The second kappa shape index (κ2) is 7.34. The molecule has 0 aromatic rings. The lowest BCUT2D eigenvalue weighted by molar-refractivity contribution is -0.147. The summed E-state index contributed by atoms with van der Waals surface area (Å²) in [4.78, 5) is 1.56. The number of rotatable bonds is 6. The minimum absolute atomic E-state index is 0.418. The topological polar surface area (TPSA) is 29.3 Å².